The molecule has 0 aliphatic carbocycles. The van der Waals surface area contributed by atoms with Crippen molar-refractivity contribution in [2.75, 3.05) is 33.4 Å². The maximum atomic E-state index is 11.9. The van der Waals surface area contributed by atoms with Crippen LogP contribution in [0.1, 0.15) is 5.56 Å². The zero-order chi connectivity index (χ0) is 15.2. The molecule has 0 N–H and O–H groups in total. The first-order chi connectivity index (χ1) is 10.1. The lowest BCUT2D eigenvalue weighted by Crippen LogP contribution is -2.39. The number of morpholine rings is 1. The van der Waals surface area contributed by atoms with Crippen LogP contribution in [0.2, 0.25) is 0 Å². The van der Waals surface area contributed by atoms with Gasteiger partial charge in [0, 0.05) is 25.2 Å². The van der Waals surface area contributed by atoms with Gasteiger partial charge in [0.2, 0.25) is 5.91 Å². The van der Waals surface area contributed by atoms with E-state index in [1.807, 2.05) is 0 Å². The summed E-state index contributed by atoms with van der Waals surface area (Å²) in [6.45, 7) is 2.19. The van der Waals surface area contributed by atoms with Crippen molar-refractivity contribution in [2.45, 2.75) is 0 Å². The number of ether oxygens (including phenoxy) is 2. The van der Waals surface area contributed by atoms with Gasteiger partial charge in [-0.15, -0.1) is 0 Å². The molecule has 1 aromatic rings. The van der Waals surface area contributed by atoms with Crippen LogP contribution in [0.5, 0.6) is 5.75 Å². The van der Waals surface area contributed by atoms with Gasteiger partial charge < -0.3 is 14.4 Å². The van der Waals surface area contributed by atoms with Gasteiger partial charge in [-0.1, -0.05) is 6.07 Å². The van der Waals surface area contributed by atoms with E-state index in [4.69, 9.17) is 9.47 Å². The summed E-state index contributed by atoms with van der Waals surface area (Å²) in [5.74, 6) is 0.0634. The van der Waals surface area contributed by atoms with Gasteiger partial charge in [-0.3, -0.25) is 14.9 Å². The van der Waals surface area contributed by atoms with E-state index in [9.17, 15) is 14.9 Å². The first-order valence-corrected chi connectivity index (χ1v) is 6.49. The van der Waals surface area contributed by atoms with Gasteiger partial charge in [0.05, 0.1) is 25.2 Å². The summed E-state index contributed by atoms with van der Waals surface area (Å²) < 4.78 is 10.1. The zero-order valence-corrected chi connectivity index (χ0v) is 11.7. The summed E-state index contributed by atoms with van der Waals surface area (Å²) in [5.41, 5.74) is 0.447. The minimum atomic E-state index is -0.514. The number of nitrogens with zero attached hydrogens (tertiary/aromatic N) is 2. The number of carbonyl (C=O) groups excluding carboxylic acids is 1. The van der Waals surface area contributed by atoms with Gasteiger partial charge in [0.1, 0.15) is 0 Å². The standard InChI is InChI=1S/C14H16N2O5/c1-20-13-4-2-11(10-12(13)16(18)19)3-5-14(17)15-6-8-21-9-7-15/h2-5,10H,6-9H2,1H3. The normalized spacial score (nSPS) is 15.2. The molecule has 1 saturated heterocycles. The Kier molecular flexibility index (Phi) is 4.89. The van der Waals surface area contributed by atoms with Crippen LogP contribution in [-0.2, 0) is 9.53 Å². The quantitative estimate of drug-likeness (QED) is 0.477. The van der Waals surface area contributed by atoms with Crippen LogP contribution in [0.25, 0.3) is 6.08 Å². The SMILES string of the molecule is COc1ccc(C=CC(=O)N2CCOCC2)cc1[N+](=O)[O-]. The number of carbonyl (C=O) groups is 1. The molecule has 7 nitrogen and oxygen atoms in total. The van der Waals surface area contributed by atoms with Crippen LogP contribution in [0.3, 0.4) is 0 Å². The van der Waals surface area contributed by atoms with Crippen LogP contribution >= 0.6 is 0 Å². The van der Waals surface area contributed by atoms with Crippen molar-refractivity contribution in [3.05, 3.63) is 40.0 Å². The number of nitro groups is 1. The second kappa shape index (κ2) is 6.85. The van der Waals surface area contributed by atoms with E-state index in [-0.39, 0.29) is 17.3 Å². The molecule has 1 aromatic carbocycles. The number of amides is 1. The molecule has 0 saturated carbocycles. The molecule has 0 unspecified atom stereocenters. The maximum absolute atomic E-state index is 11.9. The van der Waals surface area contributed by atoms with E-state index in [2.05, 4.69) is 0 Å². The maximum Gasteiger partial charge on any atom is 0.311 e. The third-order valence-corrected chi connectivity index (χ3v) is 3.14. The Morgan fingerprint density at radius 2 is 2.14 bits per heavy atom. The zero-order valence-electron chi connectivity index (χ0n) is 11.7. The van der Waals surface area contributed by atoms with Gasteiger partial charge in [-0.05, 0) is 17.7 Å². The average Bonchev–Trinajstić information content (AvgIpc) is 2.53. The Labute approximate surface area is 121 Å². The highest BCUT2D eigenvalue weighted by molar-refractivity contribution is 5.92. The summed E-state index contributed by atoms with van der Waals surface area (Å²) in [4.78, 5) is 24.0. The summed E-state index contributed by atoms with van der Waals surface area (Å²) >= 11 is 0. The molecule has 21 heavy (non-hydrogen) atoms. The monoisotopic (exact) mass is 292 g/mol. The highest BCUT2D eigenvalue weighted by Gasteiger charge is 2.16. The molecule has 0 aromatic heterocycles. The second-order valence-electron chi connectivity index (χ2n) is 4.46. The lowest BCUT2D eigenvalue weighted by Gasteiger charge is -2.25. The van der Waals surface area contributed by atoms with Gasteiger partial charge in [-0.2, -0.15) is 0 Å². The van der Waals surface area contributed by atoms with E-state index in [1.165, 1.54) is 25.3 Å². The summed E-state index contributed by atoms with van der Waals surface area (Å²) in [6, 6.07) is 4.55. The Morgan fingerprint density at radius 3 is 2.76 bits per heavy atom. The van der Waals surface area contributed by atoms with Crippen molar-refractivity contribution in [1.29, 1.82) is 0 Å². The van der Waals surface area contributed by atoms with Crippen LogP contribution in [0.15, 0.2) is 24.3 Å². The molecule has 7 heteroatoms. The molecular formula is C14H16N2O5. The van der Waals surface area contributed by atoms with E-state index >= 15 is 0 Å². The minimum absolute atomic E-state index is 0.126. The molecule has 1 heterocycles. The van der Waals surface area contributed by atoms with Crippen LogP contribution in [-0.4, -0.2) is 49.1 Å². The fraction of sp³-hybridized carbons (Fsp3) is 0.357. The van der Waals surface area contributed by atoms with E-state index in [0.29, 0.717) is 31.9 Å². The molecular weight excluding hydrogens is 276 g/mol. The molecule has 1 aliphatic rings. The number of methoxy groups -OCH3 is 1. The molecule has 0 radical (unpaired) electrons. The van der Waals surface area contributed by atoms with Crippen LogP contribution in [0.4, 0.5) is 5.69 Å². The Balaban J connectivity index is 2.11. The van der Waals surface area contributed by atoms with Crippen LogP contribution < -0.4 is 4.74 Å². The predicted molar refractivity (Wildman–Crippen MR) is 76.1 cm³/mol. The number of hydrogen-bond donors (Lipinski definition) is 0. The molecule has 0 atom stereocenters. The lowest BCUT2D eigenvalue weighted by molar-refractivity contribution is -0.385. The van der Waals surface area contributed by atoms with E-state index in [1.54, 1.807) is 17.0 Å². The van der Waals surface area contributed by atoms with Gasteiger partial charge in [0.15, 0.2) is 5.75 Å². The number of rotatable bonds is 4. The first-order valence-electron chi connectivity index (χ1n) is 6.49. The Bertz CT molecular complexity index is 564. The molecule has 1 aliphatic heterocycles. The predicted octanol–water partition coefficient (Wildman–Crippen LogP) is 1.48. The average molecular weight is 292 g/mol. The fourth-order valence-electron chi connectivity index (χ4n) is 2.01. The van der Waals surface area contributed by atoms with Crippen molar-refractivity contribution in [2.24, 2.45) is 0 Å². The van der Waals surface area contributed by atoms with Crippen molar-refractivity contribution in [3.8, 4) is 5.75 Å². The fourth-order valence-corrected chi connectivity index (χ4v) is 2.01. The van der Waals surface area contributed by atoms with Gasteiger partial charge >= 0.3 is 5.69 Å². The lowest BCUT2D eigenvalue weighted by atomic mass is 10.1. The molecule has 112 valence electrons. The highest BCUT2D eigenvalue weighted by Crippen LogP contribution is 2.27. The van der Waals surface area contributed by atoms with E-state index < -0.39 is 4.92 Å². The summed E-state index contributed by atoms with van der Waals surface area (Å²) in [6.07, 6.45) is 2.97. The highest BCUT2D eigenvalue weighted by atomic mass is 16.6. The Morgan fingerprint density at radius 1 is 1.43 bits per heavy atom. The third kappa shape index (κ3) is 3.79. The van der Waals surface area contributed by atoms with Crippen molar-refractivity contribution >= 4 is 17.7 Å². The topological polar surface area (TPSA) is 81.9 Å². The molecule has 0 spiro atoms. The summed E-state index contributed by atoms with van der Waals surface area (Å²) in [5, 5.41) is 10.9. The summed E-state index contributed by atoms with van der Waals surface area (Å²) in [7, 11) is 1.37. The molecule has 0 bridgehead atoms. The number of hydrogen-bond acceptors (Lipinski definition) is 5. The van der Waals surface area contributed by atoms with Gasteiger partial charge in [-0.25, -0.2) is 0 Å². The van der Waals surface area contributed by atoms with Crippen LogP contribution in [0, 0.1) is 10.1 Å². The van der Waals surface area contributed by atoms with E-state index in [0.717, 1.165) is 0 Å². The van der Waals surface area contributed by atoms with Crippen molar-refractivity contribution in [3.63, 3.8) is 0 Å². The van der Waals surface area contributed by atoms with Gasteiger partial charge in [0.25, 0.3) is 0 Å². The van der Waals surface area contributed by atoms with Crippen molar-refractivity contribution < 1.29 is 19.2 Å². The third-order valence-electron chi connectivity index (χ3n) is 3.14. The number of nitro benzene ring substituents is 1. The number of benzene rings is 1. The smallest absolute Gasteiger partial charge is 0.311 e. The molecule has 1 fully saturated rings. The Hall–Kier alpha value is -2.41. The molecule has 1 amide bonds. The molecule has 2 rings (SSSR count). The first kappa shape index (κ1) is 15.0. The largest absolute Gasteiger partial charge is 0.490 e. The van der Waals surface area contributed by atoms with Crippen molar-refractivity contribution in [1.82, 2.24) is 4.90 Å². The second-order valence-corrected chi connectivity index (χ2v) is 4.46. The minimum Gasteiger partial charge on any atom is -0.490 e.